The molecule has 2 rings (SSSR count). The van der Waals surface area contributed by atoms with E-state index in [0.717, 1.165) is 0 Å². The van der Waals surface area contributed by atoms with Crippen LogP contribution >= 0.6 is 0 Å². The highest BCUT2D eigenvalue weighted by molar-refractivity contribution is 4.98. The molecular formula is C12H25N3. The number of likely N-dealkylation sites (tertiary alicyclic amines) is 1. The Kier molecular flexibility index (Phi) is 3.33. The fourth-order valence-electron chi connectivity index (χ4n) is 3.37. The van der Waals surface area contributed by atoms with E-state index in [9.17, 15) is 0 Å². The lowest BCUT2D eigenvalue weighted by molar-refractivity contribution is 0.0101. The smallest absolute Gasteiger partial charge is 0.0640 e. The van der Waals surface area contributed by atoms with E-state index >= 15 is 0 Å². The van der Waals surface area contributed by atoms with Crippen molar-refractivity contribution in [2.45, 2.75) is 51.4 Å². The number of nitrogens with zero attached hydrogens (tertiary/aromatic N) is 1. The van der Waals surface area contributed by atoms with Crippen molar-refractivity contribution in [3.8, 4) is 0 Å². The minimum Gasteiger partial charge on any atom is -0.327 e. The standard InChI is InChI=1S/C12H25N3/c1-4-10-8(2)11(13)9-6-5-7-15(3)12(9)14-10/h8-12,14H,4-7,13H2,1-3H3. The normalized spacial score (nSPS) is 47.6. The first-order valence-electron chi connectivity index (χ1n) is 6.37. The van der Waals surface area contributed by atoms with Crippen molar-refractivity contribution in [3.63, 3.8) is 0 Å². The molecule has 0 aromatic carbocycles. The maximum absolute atomic E-state index is 6.39. The summed E-state index contributed by atoms with van der Waals surface area (Å²) in [6.07, 6.45) is 4.31. The quantitative estimate of drug-likeness (QED) is 0.680. The van der Waals surface area contributed by atoms with Gasteiger partial charge in [0.15, 0.2) is 0 Å². The maximum Gasteiger partial charge on any atom is 0.0640 e. The van der Waals surface area contributed by atoms with Gasteiger partial charge in [-0.2, -0.15) is 0 Å². The summed E-state index contributed by atoms with van der Waals surface area (Å²) in [5, 5.41) is 3.78. The fourth-order valence-corrected chi connectivity index (χ4v) is 3.37. The van der Waals surface area contributed by atoms with Gasteiger partial charge in [0.25, 0.3) is 0 Å². The Morgan fingerprint density at radius 2 is 2.20 bits per heavy atom. The summed E-state index contributed by atoms with van der Waals surface area (Å²) in [4.78, 5) is 2.45. The summed E-state index contributed by atoms with van der Waals surface area (Å²) in [5.41, 5.74) is 6.39. The molecule has 2 saturated heterocycles. The van der Waals surface area contributed by atoms with Gasteiger partial charge < -0.3 is 5.73 Å². The van der Waals surface area contributed by atoms with Gasteiger partial charge in [-0.15, -0.1) is 0 Å². The highest BCUT2D eigenvalue weighted by Crippen LogP contribution is 2.32. The van der Waals surface area contributed by atoms with E-state index in [2.05, 4.69) is 31.1 Å². The van der Waals surface area contributed by atoms with Gasteiger partial charge in [-0.05, 0) is 38.8 Å². The lowest BCUT2D eigenvalue weighted by Gasteiger charge is -2.51. The molecule has 0 saturated carbocycles. The maximum atomic E-state index is 6.39. The molecule has 15 heavy (non-hydrogen) atoms. The van der Waals surface area contributed by atoms with Gasteiger partial charge in [-0.3, -0.25) is 10.2 Å². The molecule has 2 heterocycles. The van der Waals surface area contributed by atoms with Crippen LogP contribution in [-0.2, 0) is 0 Å². The van der Waals surface area contributed by atoms with Gasteiger partial charge in [-0.25, -0.2) is 0 Å². The number of piperidine rings is 2. The molecule has 3 N–H and O–H groups in total. The number of fused-ring (bicyclic) bond motifs is 1. The molecule has 0 bridgehead atoms. The Morgan fingerprint density at radius 1 is 1.47 bits per heavy atom. The molecule has 2 aliphatic heterocycles. The largest absolute Gasteiger partial charge is 0.327 e. The molecule has 5 atom stereocenters. The molecule has 0 aromatic rings. The third kappa shape index (κ3) is 1.93. The van der Waals surface area contributed by atoms with Crippen LogP contribution in [0.1, 0.15) is 33.1 Å². The van der Waals surface area contributed by atoms with Crippen LogP contribution in [0.4, 0.5) is 0 Å². The predicted molar refractivity (Wildman–Crippen MR) is 63.5 cm³/mol. The van der Waals surface area contributed by atoms with Crippen LogP contribution in [0.3, 0.4) is 0 Å². The molecule has 5 unspecified atom stereocenters. The Morgan fingerprint density at radius 3 is 2.87 bits per heavy atom. The second kappa shape index (κ2) is 4.40. The van der Waals surface area contributed by atoms with Gasteiger partial charge in [0, 0.05) is 18.0 Å². The van der Waals surface area contributed by atoms with Crippen molar-refractivity contribution in [2.24, 2.45) is 17.6 Å². The number of hydrogen-bond acceptors (Lipinski definition) is 3. The number of hydrogen-bond donors (Lipinski definition) is 2. The Bertz CT molecular complexity index is 219. The van der Waals surface area contributed by atoms with E-state index in [1.54, 1.807) is 0 Å². The summed E-state index contributed by atoms with van der Waals surface area (Å²) >= 11 is 0. The van der Waals surface area contributed by atoms with Crippen molar-refractivity contribution in [1.29, 1.82) is 0 Å². The van der Waals surface area contributed by atoms with Crippen LogP contribution in [0.15, 0.2) is 0 Å². The van der Waals surface area contributed by atoms with Crippen molar-refractivity contribution < 1.29 is 0 Å². The van der Waals surface area contributed by atoms with Crippen molar-refractivity contribution in [1.82, 2.24) is 10.2 Å². The topological polar surface area (TPSA) is 41.3 Å². The molecule has 3 heteroatoms. The zero-order valence-electron chi connectivity index (χ0n) is 10.2. The highest BCUT2D eigenvalue weighted by atomic mass is 15.3. The van der Waals surface area contributed by atoms with E-state index in [1.165, 1.54) is 25.8 Å². The minimum atomic E-state index is 0.379. The van der Waals surface area contributed by atoms with Crippen LogP contribution in [0.2, 0.25) is 0 Å². The Hall–Kier alpha value is -0.120. The second-order valence-electron chi connectivity index (χ2n) is 5.35. The predicted octanol–water partition coefficient (Wildman–Crippen LogP) is 1.000. The van der Waals surface area contributed by atoms with E-state index in [-0.39, 0.29) is 0 Å². The third-order valence-electron chi connectivity index (χ3n) is 4.49. The molecule has 0 spiro atoms. The van der Waals surface area contributed by atoms with Gasteiger partial charge in [0.1, 0.15) is 0 Å². The molecule has 0 radical (unpaired) electrons. The van der Waals surface area contributed by atoms with Crippen LogP contribution in [0.5, 0.6) is 0 Å². The summed E-state index contributed by atoms with van der Waals surface area (Å²) in [7, 11) is 2.22. The zero-order chi connectivity index (χ0) is 11.0. The number of nitrogens with two attached hydrogens (primary N) is 1. The molecular weight excluding hydrogens is 186 g/mol. The van der Waals surface area contributed by atoms with Crippen molar-refractivity contribution in [3.05, 3.63) is 0 Å². The monoisotopic (exact) mass is 211 g/mol. The Labute approximate surface area is 93.4 Å². The molecule has 2 fully saturated rings. The summed E-state index contributed by atoms with van der Waals surface area (Å²) < 4.78 is 0. The van der Waals surface area contributed by atoms with Crippen LogP contribution in [0.25, 0.3) is 0 Å². The Balaban J connectivity index is 2.12. The molecule has 0 aliphatic carbocycles. The average Bonchev–Trinajstić information content (AvgIpc) is 2.24. The minimum absolute atomic E-state index is 0.379. The summed E-state index contributed by atoms with van der Waals surface area (Å²) in [6.45, 7) is 5.77. The van der Waals surface area contributed by atoms with Crippen LogP contribution < -0.4 is 11.1 Å². The van der Waals surface area contributed by atoms with Crippen molar-refractivity contribution >= 4 is 0 Å². The fraction of sp³-hybridized carbons (Fsp3) is 1.00. The zero-order valence-corrected chi connectivity index (χ0v) is 10.2. The molecule has 2 aliphatic rings. The number of nitrogens with one attached hydrogen (secondary N) is 1. The lowest BCUT2D eigenvalue weighted by Crippen LogP contribution is -2.67. The lowest BCUT2D eigenvalue weighted by atomic mass is 9.75. The molecule has 88 valence electrons. The van der Waals surface area contributed by atoms with Gasteiger partial charge in [0.05, 0.1) is 6.17 Å². The molecule has 0 aromatic heterocycles. The van der Waals surface area contributed by atoms with E-state index in [4.69, 9.17) is 5.73 Å². The van der Waals surface area contributed by atoms with Gasteiger partial charge >= 0.3 is 0 Å². The first-order chi connectivity index (χ1) is 7.15. The van der Waals surface area contributed by atoms with Gasteiger partial charge in [0.2, 0.25) is 0 Å². The second-order valence-corrected chi connectivity index (χ2v) is 5.35. The number of rotatable bonds is 1. The van der Waals surface area contributed by atoms with E-state index in [0.29, 0.717) is 30.1 Å². The molecule has 3 nitrogen and oxygen atoms in total. The van der Waals surface area contributed by atoms with Crippen molar-refractivity contribution in [2.75, 3.05) is 13.6 Å². The van der Waals surface area contributed by atoms with E-state index < -0.39 is 0 Å². The van der Waals surface area contributed by atoms with Gasteiger partial charge in [-0.1, -0.05) is 13.8 Å². The SMILES string of the molecule is CCC1NC2C(CCCN2C)C(N)C1C. The van der Waals surface area contributed by atoms with Crippen LogP contribution in [-0.4, -0.2) is 36.7 Å². The molecule has 0 amide bonds. The first kappa shape index (κ1) is 11.4. The summed E-state index contributed by atoms with van der Waals surface area (Å²) in [6, 6.07) is 0.978. The first-order valence-corrected chi connectivity index (χ1v) is 6.37. The third-order valence-corrected chi connectivity index (χ3v) is 4.49. The van der Waals surface area contributed by atoms with E-state index in [1.807, 2.05) is 0 Å². The summed E-state index contributed by atoms with van der Waals surface area (Å²) in [5.74, 6) is 1.27. The highest BCUT2D eigenvalue weighted by Gasteiger charge is 2.42. The van der Waals surface area contributed by atoms with Crippen LogP contribution in [0, 0.1) is 11.8 Å². The average molecular weight is 211 g/mol.